The summed E-state index contributed by atoms with van der Waals surface area (Å²) in [5.74, 6) is 2.14. The van der Waals surface area contributed by atoms with Gasteiger partial charge < -0.3 is 10.1 Å². The lowest BCUT2D eigenvalue weighted by Crippen LogP contribution is -2.27. The second-order valence-electron chi connectivity index (χ2n) is 7.93. The molecule has 0 saturated heterocycles. The first-order valence-electron chi connectivity index (χ1n) is 9.62. The van der Waals surface area contributed by atoms with Gasteiger partial charge in [0.2, 0.25) is 11.0 Å². The van der Waals surface area contributed by atoms with Gasteiger partial charge in [-0.3, -0.25) is 4.79 Å². The zero-order valence-electron chi connectivity index (χ0n) is 15.4. The first-order chi connectivity index (χ1) is 13.2. The van der Waals surface area contributed by atoms with E-state index in [2.05, 4.69) is 33.7 Å². The van der Waals surface area contributed by atoms with E-state index in [0.29, 0.717) is 22.4 Å². The number of amides is 1. The van der Waals surface area contributed by atoms with E-state index in [4.69, 9.17) is 4.74 Å². The topological polar surface area (TPSA) is 64.1 Å². The van der Waals surface area contributed by atoms with Crippen LogP contribution in [0.4, 0.5) is 5.13 Å². The molecule has 2 aromatic rings. The molecule has 5 nitrogen and oxygen atoms in total. The maximum Gasteiger partial charge on any atom is 0.229 e. The number of nitrogens with zero attached hydrogens (tertiary/aromatic N) is 2. The first-order valence-corrected chi connectivity index (χ1v) is 10.4. The molecule has 0 radical (unpaired) electrons. The summed E-state index contributed by atoms with van der Waals surface area (Å²) in [6.45, 7) is 0. The molecule has 6 heteroatoms. The van der Waals surface area contributed by atoms with E-state index in [1.807, 2.05) is 18.2 Å². The van der Waals surface area contributed by atoms with Crippen LogP contribution in [0.2, 0.25) is 0 Å². The molecule has 1 aromatic heterocycles. The molecule has 2 bridgehead atoms. The number of nitrogens with one attached hydrogen (secondary N) is 1. The zero-order chi connectivity index (χ0) is 18.4. The van der Waals surface area contributed by atoms with Crippen LogP contribution in [0.15, 0.2) is 36.4 Å². The lowest BCUT2D eigenvalue weighted by atomic mass is 9.88. The number of anilines is 1. The molecule has 3 aliphatic rings. The van der Waals surface area contributed by atoms with Crippen LogP contribution in [0.1, 0.15) is 29.8 Å². The van der Waals surface area contributed by atoms with Crippen LogP contribution in [0.25, 0.3) is 0 Å². The van der Waals surface area contributed by atoms with Crippen LogP contribution in [0.5, 0.6) is 5.75 Å². The fourth-order valence-electron chi connectivity index (χ4n) is 4.95. The molecule has 2 fully saturated rings. The highest BCUT2D eigenvalue weighted by Gasteiger charge is 2.64. The van der Waals surface area contributed by atoms with Gasteiger partial charge in [0, 0.05) is 12.3 Å². The summed E-state index contributed by atoms with van der Waals surface area (Å²) in [4.78, 5) is 12.8. The molecule has 1 aromatic carbocycles. The van der Waals surface area contributed by atoms with Gasteiger partial charge in [0.15, 0.2) is 0 Å². The van der Waals surface area contributed by atoms with Crippen molar-refractivity contribution < 1.29 is 9.53 Å². The summed E-state index contributed by atoms with van der Waals surface area (Å²) in [5.41, 5.74) is 1.64. The molecular weight excluding hydrogens is 358 g/mol. The fourth-order valence-corrected chi connectivity index (χ4v) is 5.70. The Morgan fingerprint density at radius 3 is 2.96 bits per heavy atom. The number of allylic oxidation sites excluding steroid dienone is 2. The summed E-state index contributed by atoms with van der Waals surface area (Å²) in [6, 6.07) is 8.07. The Kier molecular flexibility index (Phi) is 4.04. The lowest BCUT2D eigenvalue weighted by Gasteiger charge is -2.18. The third kappa shape index (κ3) is 2.96. The van der Waals surface area contributed by atoms with E-state index in [0.717, 1.165) is 30.0 Å². The van der Waals surface area contributed by atoms with Crippen LogP contribution in [0.3, 0.4) is 0 Å². The third-order valence-electron chi connectivity index (χ3n) is 6.52. The lowest BCUT2D eigenvalue weighted by molar-refractivity contribution is -0.120. The molecule has 5 rings (SSSR count). The normalized spacial score (nSPS) is 26.5. The predicted molar refractivity (Wildman–Crippen MR) is 105 cm³/mol. The van der Waals surface area contributed by atoms with E-state index in [-0.39, 0.29) is 11.8 Å². The average Bonchev–Trinajstić information content (AvgIpc) is 3.14. The number of benzene rings is 1. The number of carbonyl (C=O) groups excluding carboxylic acids is 1. The van der Waals surface area contributed by atoms with E-state index in [1.54, 1.807) is 7.11 Å². The molecule has 1 heterocycles. The second kappa shape index (κ2) is 6.44. The van der Waals surface area contributed by atoms with Crippen molar-refractivity contribution in [1.29, 1.82) is 0 Å². The molecule has 3 atom stereocenters. The fraction of sp³-hybridized carbons (Fsp3) is 0.476. The van der Waals surface area contributed by atoms with Crippen molar-refractivity contribution in [2.24, 2.45) is 23.2 Å². The minimum atomic E-state index is 0.103. The minimum Gasteiger partial charge on any atom is -0.497 e. The van der Waals surface area contributed by atoms with Gasteiger partial charge in [-0.25, -0.2) is 0 Å². The Morgan fingerprint density at radius 2 is 2.19 bits per heavy atom. The third-order valence-corrected chi connectivity index (χ3v) is 7.42. The maximum absolute atomic E-state index is 12.8. The number of ether oxygens (including phenoxy) is 1. The summed E-state index contributed by atoms with van der Waals surface area (Å²) >= 11 is 1.48. The van der Waals surface area contributed by atoms with Crippen molar-refractivity contribution in [1.82, 2.24) is 10.2 Å². The molecule has 3 aliphatic carbocycles. The number of carbonyl (C=O) groups is 1. The SMILES string of the molecule is COc1cccc(CCc2nnc(NC(=O)C3CC4C=CC3C43CC3)s2)c1. The van der Waals surface area contributed by atoms with Crippen molar-refractivity contribution in [2.75, 3.05) is 12.4 Å². The smallest absolute Gasteiger partial charge is 0.229 e. The van der Waals surface area contributed by atoms with Gasteiger partial charge in [-0.1, -0.05) is 35.6 Å². The first kappa shape index (κ1) is 16.9. The van der Waals surface area contributed by atoms with Crippen LogP contribution in [0, 0.1) is 23.2 Å². The number of methoxy groups -OCH3 is 1. The molecule has 0 aliphatic heterocycles. The van der Waals surface area contributed by atoms with E-state index in [9.17, 15) is 4.79 Å². The van der Waals surface area contributed by atoms with Gasteiger partial charge in [0.25, 0.3) is 0 Å². The predicted octanol–water partition coefficient (Wildman–Crippen LogP) is 3.87. The van der Waals surface area contributed by atoms with Crippen LogP contribution < -0.4 is 10.1 Å². The van der Waals surface area contributed by atoms with E-state index < -0.39 is 0 Å². The molecule has 1 spiro atoms. The molecule has 140 valence electrons. The van der Waals surface area contributed by atoms with Crippen molar-refractivity contribution in [2.45, 2.75) is 32.1 Å². The number of aromatic nitrogens is 2. The Labute approximate surface area is 162 Å². The summed E-state index contributed by atoms with van der Waals surface area (Å²) in [5, 5.41) is 13.0. The van der Waals surface area contributed by atoms with Crippen molar-refractivity contribution >= 4 is 22.4 Å². The second-order valence-corrected chi connectivity index (χ2v) is 9.00. The molecule has 1 amide bonds. The van der Waals surface area contributed by atoms with E-state index in [1.165, 1.54) is 29.7 Å². The van der Waals surface area contributed by atoms with Gasteiger partial charge in [0.1, 0.15) is 10.8 Å². The Morgan fingerprint density at radius 1 is 1.30 bits per heavy atom. The largest absolute Gasteiger partial charge is 0.497 e. The Balaban J connectivity index is 1.19. The van der Waals surface area contributed by atoms with Gasteiger partial charge >= 0.3 is 0 Å². The quantitative estimate of drug-likeness (QED) is 0.772. The summed E-state index contributed by atoms with van der Waals surface area (Å²) in [6.07, 6.45) is 9.86. The van der Waals surface area contributed by atoms with Gasteiger partial charge in [-0.05, 0) is 60.6 Å². The van der Waals surface area contributed by atoms with Crippen LogP contribution in [-0.2, 0) is 17.6 Å². The highest BCUT2D eigenvalue weighted by Crippen LogP contribution is 2.70. The Bertz CT molecular complexity index is 902. The molecular formula is C21H23N3O2S. The Hall–Kier alpha value is -2.21. The van der Waals surface area contributed by atoms with E-state index >= 15 is 0 Å². The molecule has 27 heavy (non-hydrogen) atoms. The summed E-state index contributed by atoms with van der Waals surface area (Å²) < 4.78 is 5.27. The van der Waals surface area contributed by atoms with Gasteiger partial charge in [-0.15, -0.1) is 10.2 Å². The average molecular weight is 382 g/mol. The molecule has 2 saturated carbocycles. The number of hydrogen-bond donors (Lipinski definition) is 1. The monoisotopic (exact) mass is 381 g/mol. The number of aryl methyl sites for hydroxylation is 2. The zero-order valence-corrected chi connectivity index (χ0v) is 16.2. The van der Waals surface area contributed by atoms with Gasteiger partial charge in [-0.2, -0.15) is 0 Å². The van der Waals surface area contributed by atoms with Crippen LogP contribution >= 0.6 is 11.3 Å². The summed E-state index contributed by atoms with van der Waals surface area (Å²) in [7, 11) is 1.68. The minimum absolute atomic E-state index is 0.103. The molecule has 1 N–H and O–H groups in total. The van der Waals surface area contributed by atoms with Crippen LogP contribution in [-0.4, -0.2) is 23.2 Å². The highest BCUT2D eigenvalue weighted by atomic mass is 32.1. The standard InChI is InChI=1S/C21H23N3O2S/c1-26-15-4-2-3-13(11-15)5-8-18-23-24-20(27-18)22-19(25)16-12-14-6-7-17(16)21(14)9-10-21/h2-4,6-7,11,14,16-17H,5,8-10,12H2,1H3,(H,22,24,25). The highest BCUT2D eigenvalue weighted by molar-refractivity contribution is 7.15. The molecule has 3 unspecified atom stereocenters. The van der Waals surface area contributed by atoms with Crippen molar-refractivity contribution in [3.63, 3.8) is 0 Å². The van der Waals surface area contributed by atoms with Crippen molar-refractivity contribution in [3.05, 3.63) is 47.0 Å². The number of hydrogen-bond acceptors (Lipinski definition) is 5. The van der Waals surface area contributed by atoms with Gasteiger partial charge in [0.05, 0.1) is 7.11 Å². The van der Waals surface area contributed by atoms with Crippen molar-refractivity contribution in [3.8, 4) is 5.75 Å². The number of rotatable bonds is 6. The maximum atomic E-state index is 12.8.